The van der Waals surface area contributed by atoms with Gasteiger partial charge in [-0.25, -0.2) is 0 Å². The zero-order valence-electron chi connectivity index (χ0n) is 11.1. The van der Waals surface area contributed by atoms with Gasteiger partial charge in [0.2, 0.25) is 11.8 Å². The van der Waals surface area contributed by atoms with Gasteiger partial charge in [0.15, 0.2) is 0 Å². The molecule has 0 saturated heterocycles. The van der Waals surface area contributed by atoms with Crippen LogP contribution >= 0.6 is 0 Å². The Balaban J connectivity index is 1.83. The highest BCUT2D eigenvalue weighted by molar-refractivity contribution is 5.60. The molecule has 0 bridgehead atoms. The molecule has 0 spiro atoms. The van der Waals surface area contributed by atoms with Gasteiger partial charge in [0.25, 0.3) is 0 Å². The van der Waals surface area contributed by atoms with Crippen molar-refractivity contribution >= 4 is 11.4 Å². The topological polar surface area (TPSA) is 68.2 Å². The van der Waals surface area contributed by atoms with Crippen LogP contribution in [0.25, 0.3) is 0 Å². The smallest absolute Gasteiger partial charge is 0.235 e. The van der Waals surface area contributed by atoms with Gasteiger partial charge in [0, 0.05) is 24.3 Å². The minimum atomic E-state index is 0.671. The number of aromatic nitrogens is 2. The third-order valence-electron chi connectivity index (χ3n) is 3.46. The first-order chi connectivity index (χ1) is 9.26. The summed E-state index contributed by atoms with van der Waals surface area (Å²) in [4.78, 5) is 2.28. The number of nitrogens with zero attached hydrogens (tertiary/aromatic N) is 3. The van der Waals surface area contributed by atoms with E-state index in [4.69, 9.17) is 10.2 Å². The predicted molar refractivity (Wildman–Crippen MR) is 73.9 cm³/mol. The number of rotatable bonds is 3. The Kier molecular flexibility index (Phi) is 3.11. The summed E-state index contributed by atoms with van der Waals surface area (Å²) in [7, 11) is 0. The van der Waals surface area contributed by atoms with Crippen LogP contribution in [0.3, 0.4) is 0 Å². The second-order valence-corrected chi connectivity index (χ2v) is 4.86. The fourth-order valence-electron chi connectivity index (χ4n) is 2.52. The molecule has 2 heterocycles. The Morgan fingerprint density at radius 3 is 2.95 bits per heavy atom. The highest BCUT2D eigenvalue weighted by atomic mass is 16.4. The summed E-state index contributed by atoms with van der Waals surface area (Å²) >= 11 is 0. The molecule has 0 radical (unpaired) electrons. The van der Waals surface area contributed by atoms with Crippen LogP contribution in [0.15, 0.2) is 22.6 Å². The standard InChI is InChI=1S/C14H18N4O/c1-2-13-16-17-14(19-13)9-18-7-3-4-10-8-11(15)5-6-12(10)18/h5-6,8H,2-4,7,9,15H2,1H3. The van der Waals surface area contributed by atoms with Crippen LogP contribution in [0.1, 0.15) is 30.7 Å². The highest BCUT2D eigenvalue weighted by Gasteiger charge is 2.19. The Morgan fingerprint density at radius 2 is 2.16 bits per heavy atom. The summed E-state index contributed by atoms with van der Waals surface area (Å²) in [5.74, 6) is 1.38. The van der Waals surface area contributed by atoms with Crippen LogP contribution in [0, 0.1) is 0 Å². The highest BCUT2D eigenvalue weighted by Crippen LogP contribution is 2.29. The number of benzene rings is 1. The third-order valence-corrected chi connectivity index (χ3v) is 3.46. The molecule has 0 saturated carbocycles. The van der Waals surface area contributed by atoms with Crippen molar-refractivity contribution in [3.05, 3.63) is 35.5 Å². The minimum absolute atomic E-state index is 0.671. The predicted octanol–water partition coefficient (Wildman–Crippen LogP) is 2.17. The Hall–Kier alpha value is -2.04. The molecule has 100 valence electrons. The summed E-state index contributed by atoms with van der Waals surface area (Å²) in [6.07, 6.45) is 2.99. The molecule has 19 heavy (non-hydrogen) atoms. The average molecular weight is 258 g/mol. The summed E-state index contributed by atoms with van der Waals surface area (Å²) in [5.41, 5.74) is 9.21. The molecule has 1 aromatic heterocycles. The van der Waals surface area contributed by atoms with E-state index >= 15 is 0 Å². The zero-order chi connectivity index (χ0) is 13.2. The fraction of sp³-hybridized carbons (Fsp3) is 0.429. The Labute approximate surface area is 112 Å². The molecule has 0 amide bonds. The Bertz CT molecular complexity index is 579. The molecular formula is C14H18N4O. The van der Waals surface area contributed by atoms with Crippen molar-refractivity contribution in [2.75, 3.05) is 17.2 Å². The van der Waals surface area contributed by atoms with E-state index in [1.54, 1.807) is 0 Å². The number of anilines is 2. The second kappa shape index (κ2) is 4.91. The van der Waals surface area contributed by atoms with Crippen molar-refractivity contribution < 1.29 is 4.42 Å². The van der Waals surface area contributed by atoms with Crippen LogP contribution in [-0.4, -0.2) is 16.7 Å². The lowest BCUT2D eigenvalue weighted by Crippen LogP contribution is -2.29. The normalized spacial score (nSPS) is 14.5. The number of nitrogens with two attached hydrogens (primary N) is 1. The first kappa shape index (κ1) is 12.0. The Morgan fingerprint density at radius 1 is 1.32 bits per heavy atom. The summed E-state index contributed by atoms with van der Waals surface area (Å²) < 4.78 is 5.59. The molecule has 2 N–H and O–H groups in total. The quantitative estimate of drug-likeness (QED) is 0.854. The lowest BCUT2D eigenvalue weighted by molar-refractivity contribution is 0.447. The lowest BCUT2D eigenvalue weighted by Gasteiger charge is -2.30. The van der Waals surface area contributed by atoms with Crippen molar-refractivity contribution in [1.82, 2.24) is 10.2 Å². The molecule has 3 rings (SSSR count). The van der Waals surface area contributed by atoms with Crippen molar-refractivity contribution in [1.29, 1.82) is 0 Å². The van der Waals surface area contributed by atoms with Crippen LogP contribution in [0.5, 0.6) is 0 Å². The zero-order valence-corrected chi connectivity index (χ0v) is 11.1. The van der Waals surface area contributed by atoms with Gasteiger partial charge in [0.05, 0.1) is 6.54 Å². The maximum Gasteiger partial charge on any atom is 0.235 e. The molecular weight excluding hydrogens is 240 g/mol. The average Bonchev–Trinajstić information content (AvgIpc) is 2.86. The van der Waals surface area contributed by atoms with Crippen LogP contribution in [-0.2, 0) is 19.4 Å². The van der Waals surface area contributed by atoms with Gasteiger partial charge in [-0.2, -0.15) is 0 Å². The van der Waals surface area contributed by atoms with E-state index in [2.05, 4.69) is 27.2 Å². The van der Waals surface area contributed by atoms with E-state index in [-0.39, 0.29) is 0 Å². The van der Waals surface area contributed by atoms with E-state index in [9.17, 15) is 0 Å². The second-order valence-electron chi connectivity index (χ2n) is 4.86. The van der Waals surface area contributed by atoms with Crippen molar-refractivity contribution in [2.45, 2.75) is 32.7 Å². The molecule has 5 heteroatoms. The van der Waals surface area contributed by atoms with Gasteiger partial charge in [0.1, 0.15) is 0 Å². The number of hydrogen-bond acceptors (Lipinski definition) is 5. The summed E-state index contributed by atoms with van der Waals surface area (Å²) in [5, 5.41) is 8.10. The van der Waals surface area contributed by atoms with Crippen LogP contribution in [0.4, 0.5) is 11.4 Å². The number of fused-ring (bicyclic) bond motifs is 1. The van der Waals surface area contributed by atoms with Gasteiger partial charge in [-0.15, -0.1) is 10.2 Å². The number of hydrogen-bond donors (Lipinski definition) is 1. The molecule has 0 fully saturated rings. The van der Waals surface area contributed by atoms with E-state index in [0.29, 0.717) is 18.3 Å². The first-order valence-electron chi connectivity index (χ1n) is 6.71. The largest absolute Gasteiger partial charge is 0.423 e. The van der Waals surface area contributed by atoms with Gasteiger partial charge in [-0.3, -0.25) is 0 Å². The molecule has 5 nitrogen and oxygen atoms in total. The van der Waals surface area contributed by atoms with Crippen LogP contribution < -0.4 is 10.6 Å². The molecule has 1 aromatic carbocycles. The van der Waals surface area contributed by atoms with Crippen molar-refractivity contribution in [3.63, 3.8) is 0 Å². The minimum Gasteiger partial charge on any atom is -0.423 e. The maximum atomic E-state index is 5.84. The van der Waals surface area contributed by atoms with E-state index in [1.165, 1.54) is 11.3 Å². The molecule has 2 aromatic rings. The van der Waals surface area contributed by atoms with E-state index in [1.807, 2.05) is 13.0 Å². The fourth-order valence-corrected chi connectivity index (χ4v) is 2.52. The van der Waals surface area contributed by atoms with Gasteiger partial charge in [-0.05, 0) is 36.6 Å². The summed E-state index contributed by atoms with van der Waals surface area (Å²) in [6.45, 7) is 3.70. The first-order valence-corrected chi connectivity index (χ1v) is 6.71. The SMILES string of the molecule is CCc1nnc(CN2CCCc3cc(N)ccc32)o1. The molecule has 1 aliphatic heterocycles. The van der Waals surface area contributed by atoms with Gasteiger partial charge >= 0.3 is 0 Å². The molecule has 1 aliphatic rings. The van der Waals surface area contributed by atoms with Crippen molar-refractivity contribution in [3.8, 4) is 0 Å². The third kappa shape index (κ3) is 2.41. The lowest BCUT2D eigenvalue weighted by atomic mass is 10.0. The molecule has 0 atom stereocenters. The number of nitrogen functional groups attached to an aromatic ring is 1. The van der Waals surface area contributed by atoms with Gasteiger partial charge in [-0.1, -0.05) is 6.92 Å². The maximum absolute atomic E-state index is 5.84. The monoisotopic (exact) mass is 258 g/mol. The number of aryl methyl sites for hydroxylation is 2. The molecule has 0 aliphatic carbocycles. The van der Waals surface area contributed by atoms with Crippen molar-refractivity contribution in [2.24, 2.45) is 0 Å². The molecule has 0 unspecified atom stereocenters. The van der Waals surface area contributed by atoms with Crippen LogP contribution in [0.2, 0.25) is 0 Å². The van der Waals surface area contributed by atoms with E-state index in [0.717, 1.165) is 31.5 Å². The summed E-state index contributed by atoms with van der Waals surface area (Å²) in [6, 6.07) is 6.09. The van der Waals surface area contributed by atoms with Gasteiger partial charge < -0.3 is 15.1 Å². The van der Waals surface area contributed by atoms with E-state index < -0.39 is 0 Å².